The molecule has 3 N–H and O–H groups in total. The van der Waals surface area contributed by atoms with E-state index in [9.17, 15) is 5.11 Å². The number of thiophene rings is 1. The predicted octanol–water partition coefficient (Wildman–Crippen LogP) is 4.12. The standard InChI is InChI=1S/C20H29N3O2S.HI/c1-5-21-19(23-14-20(4,24)17-9-10-26-13-17)22-12-16-7-6-8-18(11-16)25-15(2)3;/h6-11,13,15,24H,5,12,14H2,1-4H3,(H2,21,22,23);1H. The Bertz CT molecular complexity index is 703. The van der Waals surface area contributed by atoms with Crippen molar-refractivity contribution in [1.29, 1.82) is 0 Å². The van der Waals surface area contributed by atoms with Crippen LogP contribution in [0.4, 0.5) is 0 Å². The highest BCUT2D eigenvalue weighted by molar-refractivity contribution is 14.0. The number of guanidine groups is 1. The Kier molecular flexibility index (Phi) is 10.1. The Hall–Kier alpha value is -1.32. The van der Waals surface area contributed by atoms with E-state index in [4.69, 9.17) is 4.74 Å². The summed E-state index contributed by atoms with van der Waals surface area (Å²) in [6.07, 6.45) is 0.145. The Morgan fingerprint density at radius 2 is 2.07 bits per heavy atom. The van der Waals surface area contributed by atoms with Crippen LogP contribution in [-0.2, 0) is 12.1 Å². The fourth-order valence-corrected chi connectivity index (χ4v) is 3.21. The maximum Gasteiger partial charge on any atom is 0.191 e. The molecule has 0 fully saturated rings. The summed E-state index contributed by atoms with van der Waals surface area (Å²) < 4.78 is 5.73. The fraction of sp³-hybridized carbons (Fsp3) is 0.450. The van der Waals surface area contributed by atoms with Gasteiger partial charge in [0.05, 0.1) is 19.2 Å². The molecule has 0 radical (unpaired) electrons. The van der Waals surface area contributed by atoms with Crippen molar-refractivity contribution in [3.05, 3.63) is 52.2 Å². The third kappa shape index (κ3) is 8.06. The lowest BCUT2D eigenvalue weighted by Crippen LogP contribution is -2.44. The van der Waals surface area contributed by atoms with Gasteiger partial charge in [-0.25, -0.2) is 4.99 Å². The third-order valence-electron chi connectivity index (χ3n) is 3.78. The molecule has 150 valence electrons. The zero-order chi connectivity index (χ0) is 19.0. The molecule has 0 saturated heterocycles. The summed E-state index contributed by atoms with van der Waals surface area (Å²) in [5.74, 6) is 1.53. The van der Waals surface area contributed by atoms with Crippen molar-refractivity contribution < 1.29 is 9.84 Å². The number of benzene rings is 1. The predicted molar refractivity (Wildman–Crippen MR) is 124 cm³/mol. The van der Waals surface area contributed by atoms with Crippen LogP contribution in [0.2, 0.25) is 0 Å². The minimum Gasteiger partial charge on any atom is -0.491 e. The van der Waals surface area contributed by atoms with Crippen LogP contribution in [0.3, 0.4) is 0 Å². The molecule has 1 heterocycles. The molecule has 2 rings (SSSR count). The second-order valence-corrected chi connectivity index (χ2v) is 7.43. The van der Waals surface area contributed by atoms with Crippen molar-refractivity contribution in [2.75, 3.05) is 13.1 Å². The average molecular weight is 503 g/mol. The van der Waals surface area contributed by atoms with Gasteiger partial charge in [-0.05, 0) is 67.8 Å². The molecule has 0 saturated carbocycles. The Labute approximate surface area is 183 Å². The Balaban J connectivity index is 0.00000364. The van der Waals surface area contributed by atoms with Crippen molar-refractivity contribution in [2.24, 2.45) is 4.99 Å². The van der Waals surface area contributed by atoms with Gasteiger partial charge in [-0.1, -0.05) is 12.1 Å². The summed E-state index contributed by atoms with van der Waals surface area (Å²) in [6, 6.07) is 9.91. The maximum absolute atomic E-state index is 10.6. The number of hydrogen-bond donors (Lipinski definition) is 3. The SMILES string of the molecule is CCNC(=NCc1cccc(OC(C)C)c1)NCC(C)(O)c1ccsc1.I. The highest BCUT2D eigenvalue weighted by Crippen LogP contribution is 2.22. The molecule has 0 bridgehead atoms. The van der Waals surface area contributed by atoms with Crippen LogP contribution >= 0.6 is 35.3 Å². The smallest absolute Gasteiger partial charge is 0.191 e. The molecule has 0 aliphatic heterocycles. The topological polar surface area (TPSA) is 65.9 Å². The van der Waals surface area contributed by atoms with E-state index in [1.807, 2.05) is 61.9 Å². The molecule has 0 aliphatic rings. The van der Waals surface area contributed by atoms with Crippen LogP contribution < -0.4 is 15.4 Å². The molecule has 5 nitrogen and oxygen atoms in total. The number of aliphatic imine (C=N–C) groups is 1. The van der Waals surface area contributed by atoms with E-state index >= 15 is 0 Å². The fourth-order valence-electron chi connectivity index (χ4n) is 2.43. The van der Waals surface area contributed by atoms with Gasteiger partial charge in [-0.3, -0.25) is 0 Å². The van der Waals surface area contributed by atoms with Gasteiger partial charge < -0.3 is 20.5 Å². The summed E-state index contributed by atoms with van der Waals surface area (Å²) in [4.78, 5) is 4.62. The Morgan fingerprint density at radius 3 is 2.70 bits per heavy atom. The van der Waals surface area contributed by atoms with E-state index in [0.29, 0.717) is 19.0 Å². The Morgan fingerprint density at radius 1 is 1.30 bits per heavy atom. The van der Waals surface area contributed by atoms with Crippen LogP contribution in [0.5, 0.6) is 5.75 Å². The largest absolute Gasteiger partial charge is 0.491 e. The van der Waals surface area contributed by atoms with Gasteiger partial charge >= 0.3 is 0 Å². The van der Waals surface area contributed by atoms with E-state index in [1.165, 1.54) is 0 Å². The molecule has 1 atom stereocenters. The lowest BCUT2D eigenvalue weighted by molar-refractivity contribution is 0.0621. The quantitative estimate of drug-likeness (QED) is 0.288. The lowest BCUT2D eigenvalue weighted by Gasteiger charge is -2.24. The molecule has 2 aromatic rings. The first-order valence-corrected chi connectivity index (χ1v) is 9.88. The van der Waals surface area contributed by atoms with E-state index in [1.54, 1.807) is 18.3 Å². The van der Waals surface area contributed by atoms with Gasteiger partial charge in [0.15, 0.2) is 5.96 Å². The van der Waals surface area contributed by atoms with Gasteiger partial charge in [0, 0.05) is 6.54 Å². The van der Waals surface area contributed by atoms with Crippen molar-refractivity contribution in [1.82, 2.24) is 10.6 Å². The van der Waals surface area contributed by atoms with Crippen molar-refractivity contribution in [2.45, 2.75) is 45.9 Å². The minimum atomic E-state index is -0.943. The average Bonchev–Trinajstić information content (AvgIpc) is 3.13. The molecule has 1 unspecified atom stereocenters. The van der Waals surface area contributed by atoms with Crippen LogP contribution in [0, 0.1) is 0 Å². The van der Waals surface area contributed by atoms with E-state index < -0.39 is 5.60 Å². The lowest BCUT2D eigenvalue weighted by atomic mass is 9.99. The zero-order valence-electron chi connectivity index (χ0n) is 16.4. The second kappa shape index (κ2) is 11.5. The molecule has 1 aromatic carbocycles. The van der Waals surface area contributed by atoms with E-state index in [0.717, 1.165) is 23.4 Å². The summed E-state index contributed by atoms with van der Waals surface area (Å²) in [5, 5.41) is 21.0. The molecule has 0 amide bonds. The monoisotopic (exact) mass is 503 g/mol. The van der Waals surface area contributed by atoms with Crippen molar-refractivity contribution in [3.63, 3.8) is 0 Å². The third-order valence-corrected chi connectivity index (χ3v) is 4.46. The van der Waals surface area contributed by atoms with Gasteiger partial charge in [-0.2, -0.15) is 11.3 Å². The molecular weight excluding hydrogens is 473 g/mol. The van der Waals surface area contributed by atoms with Crippen LogP contribution in [0.25, 0.3) is 0 Å². The molecule has 7 heteroatoms. The first kappa shape index (κ1) is 23.7. The first-order chi connectivity index (χ1) is 12.4. The molecular formula is C20H30IN3O2S. The van der Waals surface area contributed by atoms with Gasteiger partial charge in [0.25, 0.3) is 0 Å². The normalized spacial score (nSPS) is 13.6. The molecule has 0 aliphatic carbocycles. The number of hydrogen-bond acceptors (Lipinski definition) is 4. The van der Waals surface area contributed by atoms with Crippen LogP contribution in [0.1, 0.15) is 38.8 Å². The molecule has 27 heavy (non-hydrogen) atoms. The van der Waals surface area contributed by atoms with E-state index in [2.05, 4.69) is 15.6 Å². The zero-order valence-corrected chi connectivity index (χ0v) is 19.5. The molecule has 1 aromatic heterocycles. The number of halogens is 1. The number of aliphatic hydroxyl groups is 1. The van der Waals surface area contributed by atoms with Crippen molar-refractivity contribution in [3.8, 4) is 5.75 Å². The number of rotatable bonds is 8. The second-order valence-electron chi connectivity index (χ2n) is 6.65. The summed E-state index contributed by atoms with van der Waals surface area (Å²) in [7, 11) is 0. The minimum absolute atomic E-state index is 0. The van der Waals surface area contributed by atoms with Gasteiger partial charge in [0.2, 0.25) is 0 Å². The first-order valence-electron chi connectivity index (χ1n) is 8.93. The van der Waals surface area contributed by atoms with E-state index in [-0.39, 0.29) is 30.1 Å². The summed E-state index contributed by atoms with van der Waals surface area (Å²) in [5.41, 5.74) is 1.04. The highest BCUT2D eigenvalue weighted by Gasteiger charge is 2.23. The van der Waals surface area contributed by atoms with Crippen LogP contribution in [-0.4, -0.2) is 30.3 Å². The van der Waals surface area contributed by atoms with Gasteiger partial charge in [0.1, 0.15) is 11.4 Å². The van der Waals surface area contributed by atoms with Crippen molar-refractivity contribution >= 4 is 41.3 Å². The summed E-state index contributed by atoms with van der Waals surface area (Å²) in [6.45, 7) is 9.51. The van der Waals surface area contributed by atoms with Crippen LogP contribution in [0.15, 0.2) is 46.1 Å². The maximum atomic E-state index is 10.6. The number of ether oxygens (including phenoxy) is 1. The summed E-state index contributed by atoms with van der Waals surface area (Å²) >= 11 is 1.58. The number of nitrogens with one attached hydrogen (secondary N) is 2. The van der Waals surface area contributed by atoms with Gasteiger partial charge in [-0.15, -0.1) is 24.0 Å². The molecule has 0 spiro atoms. The number of nitrogens with zero attached hydrogens (tertiary/aromatic N) is 1. The highest BCUT2D eigenvalue weighted by atomic mass is 127.